The Balaban J connectivity index is 1.13. The highest BCUT2D eigenvalue weighted by atomic mass is 16.5. The van der Waals surface area contributed by atoms with E-state index in [-0.39, 0.29) is 35.7 Å². The van der Waals surface area contributed by atoms with Crippen LogP contribution in [0.1, 0.15) is 77.6 Å². The maximum atomic E-state index is 13.7. The fourth-order valence-corrected chi connectivity index (χ4v) is 7.40. The van der Waals surface area contributed by atoms with Gasteiger partial charge in [-0.3, -0.25) is 9.59 Å². The number of hydrogen-bond donors (Lipinski definition) is 4. The molecule has 4 amide bonds. The zero-order chi connectivity index (χ0) is 40.1. The van der Waals surface area contributed by atoms with Crippen molar-refractivity contribution in [2.45, 2.75) is 78.0 Å². The SMILES string of the molecule is CCC1=CC(c2ncc(-c3ccc(-c4ccc(-c5cnc(C6CCCN6C(=O)C(NC(=O)OC)C(C)C)[nH]5)cc4)cc3)[nH]2)N(C(=O)C(NC(=O)OC)C(C)C)C1. The number of ether oxygens (including phenoxy) is 2. The van der Waals surface area contributed by atoms with Crippen molar-refractivity contribution < 1.29 is 28.7 Å². The second kappa shape index (κ2) is 17.3. The molecular formula is C42H52N8O6. The Hall–Kier alpha value is -5.92. The summed E-state index contributed by atoms with van der Waals surface area (Å²) in [5, 5.41) is 5.39. The predicted octanol–water partition coefficient (Wildman–Crippen LogP) is 6.78. The van der Waals surface area contributed by atoms with Crippen LogP contribution < -0.4 is 10.6 Å². The van der Waals surface area contributed by atoms with Crippen molar-refractivity contribution in [3.8, 4) is 33.6 Å². The Morgan fingerprint density at radius 2 is 1.20 bits per heavy atom. The number of nitrogens with one attached hydrogen (secondary N) is 4. The van der Waals surface area contributed by atoms with Crippen LogP contribution in [-0.2, 0) is 19.1 Å². The summed E-state index contributed by atoms with van der Waals surface area (Å²) in [4.78, 5) is 71.1. The number of alkyl carbamates (subject to hydrolysis) is 2. The van der Waals surface area contributed by atoms with Gasteiger partial charge in [0.15, 0.2) is 0 Å². The number of carbonyl (C=O) groups is 4. The third-order valence-electron chi connectivity index (χ3n) is 10.7. The van der Waals surface area contributed by atoms with Gasteiger partial charge in [-0.05, 0) is 53.4 Å². The number of benzene rings is 2. The molecule has 6 rings (SSSR count). The Morgan fingerprint density at radius 1 is 0.732 bits per heavy atom. The van der Waals surface area contributed by atoms with E-state index in [2.05, 4.69) is 62.9 Å². The van der Waals surface area contributed by atoms with E-state index in [1.54, 1.807) is 22.2 Å². The molecule has 0 saturated carbocycles. The van der Waals surface area contributed by atoms with Gasteiger partial charge in [-0.15, -0.1) is 0 Å². The van der Waals surface area contributed by atoms with Crippen molar-refractivity contribution in [2.24, 2.45) is 11.8 Å². The van der Waals surface area contributed by atoms with Gasteiger partial charge in [0, 0.05) is 13.1 Å². The quantitative estimate of drug-likeness (QED) is 0.114. The summed E-state index contributed by atoms with van der Waals surface area (Å²) in [6, 6.07) is 14.4. The highest BCUT2D eigenvalue weighted by Crippen LogP contribution is 2.35. The zero-order valence-corrected chi connectivity index (χ0v) is 33.1. The van der Waals surface area contributed by atoms with Gasteiger partial charge in [0.2, 0.25) is 11.8 Å². The number of carbonyl (C=O) groups excluding carboxylic acids is 4. The number of aromatic nitrogens is 4. The van der Waals surface area contributed by atoms with Crippen LogP contribution in [0.3, 0.4) is 0 Å². The summed E-state index contributed by atoms with van der Waals surface area (Å²) in [6.45, 7) is 10.7. The molecule has 56 heavy (non-hydrogen) atoms. The predicted molar refractivity (Wildman–Crippen MR) is 212 cm³/mol. The lowest BCUT2D eigenvalue weighted by Gasteiger charge is -2.30. The van der Waals surface area contributed by atoms with E-state index in [0.29, 0.717) is 18.9 Å². The first-order valence-electron chi connectivity index (χ1n) is 19.2. The van der Waals surface area contributed by atoms with E-state index in [1.807, 2.05) is 52.0 Å². The van der Waals surface area contributed by atoms with Crippen molar-refractivity contribution in [1.29, 1.82) is 0 Å². The molecule has 0 aliphatic carbocycles. The van der Waals surface area contributed by atoms with Crippen LogP contribution in [0.15, 0.2) is 72.6 Å². The van der Waals surface area contributed by atoms with E-state index in [0.717, 1.165) is 64.3 Å². The fourth-order valence-electron chi connectivity index (χ4n) is 7.40. The smallest absolute Gasteiger partial charge is 0.407 e. The first-order valence-corrected chi connectivity index (χ1v) is 19.2. The van der Waals surface area contributed by atoms with E-state index in [4.69, 9.17) is 14.5 Å². The van der Waals surface area contributed by atoms with Crippen LogP contribution in [0, 0.1) is 11.8 Å². The number of methoxy groups -OCH3 is 2. The lowest BCUT2D eigenvalue weighted by Crippen LogP contribution is -2.51. The van der Waals surface area contributed by atoms with Crippen molar-refractivity contribution in [3.63, 3.8) is 0 Å². The normalized spacial score (nSPS) is 17.8. The van der Waals surface area contributed by atoms with E-state index >= 15 is 0 Å². The maximum Gasteiger partial charge on any atom is 0.407 e. The molecular weight excluding hydrogens is 713 g/mol. The minimum Gasteiger partial charge on any atom is -0.453 e. The molecule has 2 aromatic carbocycles. The first kappa shape index (κ1) is 39.8. The molecule has 1 fully saturated rings. The Kier molecular flexibility index (Phi) is 12.3. The number of rotatable bonds is 12. The number of H-pyrrole nitrogens is 2. The summed E-state index contributed by atoms with van der Waals surface area (Å²) in [5.41, 5.74) is 6.84. The Labute approximate surface area is 327 Å². The Morgan fingerprint density at radius 3 is 1.68 bits per heavy atom. The minimum absolute atomic E-state index is 0.107. The number of amides is 4. The largest absolute Gasteiger partial charge is 0.453 e. The van der Waals surface area contributed by atoms with Crippen molar-refractivity contribution in [3.05, 3.63) is 84.2 Å². The topological polar surface area (TPSA) is 175 Å². The van der Waals surface area contributed by atoms with Gasteiger partial charge >= 0.3 is 12.2 Å². The molecule has 0 bridgehead atoms. The van der Waals surface area contributed by atoms with Crippen LogP contribution in [-0.4, -0.2) is 93.1 Å². The van der Waals surface area contributed by atoms with Crippen molar-refractivity contribution >= 4 is 24.0 Å². The summed E-state index contributed by atoms with van der Waals surface area (Å²) in [7, 11) is 2.57. The van der Waals surface area contributed by atoms with Gasteiger partial charge in [0.05, 0.1) is 44.0 Å². The van der Waals surface area contributed by atoms with Gasteiger partial charge < -0.3 is 39.9 Å². The number of imidazole rings is 2. The molecule has 4 atom stereocenters. The van der Waals surface area contributed by atoms with Crippen LogP contribution in [0.25, 0.3) is 33.6 Å². The highest BCUT2D eigenvalue weighted by Gasteiger charge is 2.39. The van der Waals surface area contributed by atoms with Gasteiger partial charge in [-0.1, -0.05) is 94.8 Å². The van der Waals surface area contributed by atoms with Gasteiger partial charge in [0.25, 0.3) is 0 Å². The number of aromatic amines is 2. The van der Waals surface area contributed by atoms with Crippen LogP contribution in [0.5, 0.6) is 0 Å². The molecule has 4 unspecified atom stereocenters. The minimum atomic E-state index is -0.732. The molecule has 2 aliphatic heterocycles. The summed E-state index contributed by atoms with van der Waals surface area (Å²) in [5.74, 6) is 0.802. The third kappa shape index (κ3) is 8.48. The van der Waals surface area contributed by atoms with Crippen LogP contribution in [0.2, 0.25) is 0 Å². The van der Waals surface area contributed by atoms with E-state index in [1.165, 1.54) is 14.2 Å². The average molecular weight is 765 g/mol. The third-order valence-corrected chi connectivity index (χ3v) is 10.7. The second-order valence-corrected chi connectivity index (χ2v) is 15.0. The standard InChI is InChI=1S/C42H52N8O6/c1-8-26-20-34(50(23-26)40(52)36(25(4)5)48-42(54)56-7)38-44-22-32(46-38)30-17-13-28(14-18-30)27-11-15-29(16-12-27)31-21-43-37(45-31)33-10-9-19-49(33)39(51)35(24(2)3)47-41(53)55-6/h11-18,20-22,24-25,33-36H,8-10,19,23H2,1-7H3,(H,43,45)(H,44,46)(H,47,53)(H,48,54). The summed E-state index contributed by atoms with van der Waals surface area (Å²) < 4.78 is 9.53. The Bertz CT molecular complexity index is 2050. The maximum absolute atomic E-state index is 13.7. The lowest BCUT2D eigenvalue weighted by molar-refractivity contribution is -0.136. The molecule has 0 radical (unpaired) electrons. The molecule has 2 aromatic heterocycles. The molecule has 4 N–H and O–H groups in total. The fraction of sp³-hybridized carbons (Fsp3) is 0.429. The van der Waals surface area contributed by atoms with Crippen LogP contribution >= 0.6 is 0 Å². The average Bonchev–Trinajstić information content (AvgIpc) is 4.04. The van der Waals surface area contributed by atoms with E-state index in [9.17, 15) is 19.2 Å². The van der Waals surface area contributed by atoms with Crippen molar-refractivity contribution in [2.75, 3.05) is 27.3 Å². The second-order valence-electron chi connectivity index (χ2n) is 15.0. The highest BCUT2D eigenvalue weighted by molar-refractivity contribution is 5.87. The molecule has 14 heteroatoms. The summed E-state index contributed by atoms with van der Waals surface area (Å²) >= 11 is 0. The molecule has 14 nitrogen and oxygen atoms in total. The van der Waals surface area contributed by atoms with E-state index < -0.39 is 24.3 Å². The van der Waals surface area contributed by atoms with Crippen molar-refractivity contribution in [1.82, 2.24) is 40.4 Å². The zero-order valence-electron chi connectivity index (χ0n) is 33.1. The van der Waals surface area contributed by atoms with Gasteiger partial charge in [-0.25, -0.2) is 19.6 Å². The molecule has 4 heterocycles. The molecule has 4 aromatic rings. The lowest BCUT2D eigenvalue weighted by atomic mass is 10.0. The molecule has 1 saturated heterocycles. The molecule has 0 spiro atoms. The van der Waals surface area contributed by atoms with Gasteiger partial charge in [0.1, 0.15) is 29.8 Å². The van der Waals surface area contributed by atoms with Gasteiger partial charge in [-0.2, -0.15) is 0 Å². The first-order chi connectivity index (χ1) is 26.9. The molecule has 296 valence electrons. The number of likely N-dealkylation sites (tertiary alicyclic amines) is 1. The monoisotopic (exact) mass is 764 g/mol. The number of hydrogen-bond acceptors (Lipinski definition) is 8. The summed E-state index contributed by atoms with van der Waals surface area (Å²) in [6.07, 6.45) is 6.82. The number of nitrogens with zero attached hydrogens (tertiary/aromatic N) is 4. The van der Waals surface area contributed by atoms with Crippen LogP contribution in [0.4, 0.5) is 9.59 Å². The molecule has 2 aliphatic rings.